The molecule has 0 aliphatic rings. The zero-order valence-corrected chi connectivity index (χ0v) is 11.0. The number of amides is 1. The highest BCUT2D eigenvalue weighted by Crippen LogP contribution is 2.08. The summed E-state index contributed by atoms with van der Waals surface area (Å²) in [7, 11) is 0. The number of carbonyl (C=O) groups is 1. The summed E-state index contributed by atoms with van der Waals surface area (Å²) >= 11 is 5.99. The van der Waals surface area contributed by atoms with Crippen molar-refractivity contribution in [3.05, 3.63) is 0 Å². The number of ether oxygens (including phenoxy) is 1. The first-order valence-electron chi connectivity index (χ1n) is 5.27. The average molecular weight is 236 g/mol. The Morgan fingerprint density at radius 1 is 1.40 bits per heavy atom. The van der Waals surface area contributed by atoms with E-state index in [0.29, 0.717) is 12.5 Å². The second-order valence-electron chi connectivity index (χ2n) is 4.97. The molecule has 0 aromatic carbocycles. The molecular weight excluding hydrogens is 214 g/mol. The fourth-order valence-corrected chi connectivity index (χ4v) is 0.857. The molecule has 1 unspecified atom stereocenters. The molecule has 0 aromatic rings. The number of hydrogen-bond donors (Lipinski definition) is 1. The molecule has 0 heterocycles. The highest BCUT2D eigenvalue weighted by atomic mass is 35.5. The first-order valence-corrected chi connectivity index (χ1v) is 5.70. The predicted molar refractivity (Wildman–Crippen MR) is 63.2 cm³/mol. The van der Waals surface area contributed by atoms with Gasteiger partial charge in [-0.3, -0.25) is 4.79 Å². The van der Waals surface area contributed by atoms with Gasteiger partial charge >= 0.3 is 0 Å². The maximum atomic E-state index is 11.3. The number of hydrogen-bond acceptors (Lipinski definition) is 2. The van der Waals surface area contributed by atoms with Crippen molar-refractivity contribution in [2.24, 2.45) is 5.92 Å². The minimum Gasteiger partial charge on any atom is -0.366 e. The number of nitrogens with one attached hydrogen (secondary N) is 1. The van der Waals surface area contributed by atoms with Gasteiger partial charge in [0.15, 0.2) is 0 Å². The first kappa shape index (κ1) is 14.7. The van der Waals surface area contributed by atoms with Crippen molar-refractivity contribution in [1.29, 1.82) is 0 Å². The van der Waals surface area contributed by atoms with Crippen molar-refractivity contribution >= 4 is 17.5 Å². The monoisotopic (exact) mass is 235 g/mol. The Morgan fingerprint density at radius 3 is 2.33 bits per heavy atom. The van der Waals surface area contributed by atoms with E-state index in [2.05, 4.69) is 5.32 Å². The molecule has 0 aromatic heterocycles. The van der Waals surface area contributed by atoms with Gasteiger partial charge in [0.1, 0.15) is 6.61 Å². The second kappa shape index (κ2) is 6.33. The van der Waals surface area contributed by atoms with Gasteiger partial charge in [0, 0.05) is 6.54 Å². The maximum absolute atomic E-state index is 11.3. The van der Waals surface area contributed by atoms with Crippen molar-refractivity contribution in [3.63, 3.8) is 0 Å². The van der Waals surface area contributed by atoms with Crippen LogP contribution in [0.3, 0.4) is 0 Å². The number of halogens is 1. The van der Waals surface area contributed by atoms with Crippen molar-refractivity contribution in [1.82, 2.24) is 5.32 Å². The quantitative estimate of drug-likeness (QED) is 0.742. The van der Waals surface area contributed by atoms with Gasteiger partial charge in [-0.05, 0) is 26.7 Å². The van der Waals surface area contributed by atoms with Gasteiger partial charge in [-0.15, -0.1) is 11.6 Å². The Kier molecular flexibility index (Phi) is 6.22. The molecule has 15 heavy (non-hydrogen) atoms. The van der Waals surface area contributed by atoms with Crippen LogP contribution >= 0.6 is 11.6 Å². The summed E-state index contributed by atoms with van der Waals surface area (Å²) in [6, 6.07) is 0. The normalized spacial score (nSPS) is 14.1. The fraction of sp³-hybridized carbons (Fsp3) is 0.909. The lowest BCUT2D eigenvalue weighted by molar-refractivity contribution is -0.130. The topological polar surface area (TPSA) is 38.3 Å². The van der Waals surface area contributed by atoms with Gasteiger partial charge in [-0.25, -0.2) is 0 Å². The van der Waals surface area contributed by atoms with Gasteiger partial charge in [-0.2, -0.15) is 0 Å². The van der Waals surface area contributed by atoms with Gasteiger partial charge < -0.3 is 10.1 Å². The van der Waals surface area contributed by atoms with Crippen LogP contribution in [0.2, 0.25) is 0 Å². The van der Waals surface area contributed by atoms with Gasteiger partial charge in [0.05, 0.1) is 11.0 Å². The van der Waals surface area contributed by atoms with Crippen LogP contribution in [0.4, 0.5) is 0 Å². The summed E-state index contributed by atoms with van der Waals surface area (Å²) in [5.74, 6) is 0.242. The third-order valence-electron chi connectivity index (χ3n) is 1.85. The largest absolute Gasteiger partial charge is 0.366 e. The highest BCUT2D eigenvalue weighted by Gasteiger charge is 2.14. The third kappa shape index (κ3) is 8.70. The van der Waals surface area contributed by atoms with E-state index in [0.717, 1.165) is 0 Å². The molecule has 0 rings (SSSR count). The third-order valence-corrected chi connectivity index (χ3v) is 2.51. The molecule has 0 aliphatic heterocycles. The molecule has 1 amide bonds. The summed E-state index contributed by atoms with van der Waals surface area (Å²) in [5.41, 5.74) is -0.282. The summed E-state index contributed by atoms with van der Waals surface area (Å²) in [5, 5.41) is 2.72. The van der Waals surface area contributed by atoms with E-state index in [1.165, 1.54) is 0 Å². The smallest absolute Gasteiger partial charge is 0.246 e. The van der Waals surface area contributed by atoms with E-state index < -0.39 is 0 Å². The summed E-state index contributed by atoms with van der Waals surface area (Å²) in [6.07, 6.45) is 0. The molecule has 3 nitrogen and oxygen atoms in total. The Labute approximate surface area is 97.5 Å². The molecule has 0 saturated heterocycles. The van der Waals surface area contributed by atoms with E-state index in [9.17, 15) is 4.79 Å². The van der Waals surface area contributed by atoms with E-state index >= 15 is 0 Å². The lowest BCUT2D eigenvalue weighted by atomic mass is 10.1. The number of alkyl halides is 1. The first-order chi connectivity index (χ1) is 6.72. The average Bonchev–Trinajstić information content (AvgIpc) is 2.09. The molecule has 0 radical (unpaired) electrons. The Balaban J connectivity index is 3.67. The van der Waals surface area contributed by atoms with Crippen LogP contribution in [0.25, 0.3) is 0 Å². The SMILES string of the molecule is CC(C)C(Cl)CNC(=O)COC(C)(C)C. The second-order valence-corrected chi connectivity index (χ2v) is 5.53. The van der Waals surface area contributed by atoms with Crippen molar-refractivity contribution in [3.8, 4) is 0 Å². The van der Waals surface area contributed by atoms with E-state index in [-0.39, 0.29) is 23.5 Å². The van der Waals surface area contributed by atoms with Crippen LogP contribution in [-0.2, 0) is 9.53 Å². The van der Waals surface area contributed by atoms with Gasteiger partial charge in [-0.1, -0.05) is 13.8 Å². The number of rotatable bonds is 5. The van der Waals surface area contributed by atoms with Crippen LogP contribution in [0.1, 0.15) is 34.6 Å². The van der Waals surface area contributed by atoms with Crippen LogP contribution < -0.4 is 5.32 Å². The van der Waals surface area contributed by atoms with E-state index in [1.54, 1.807) is 0 Å². The molecule has 0 bridgehead atoms. The summed E-state index contributed by atoms with van der Waals surface area (Å²) < 4.78 is 5.33. The maximum Gasteiger partial charge on any atom is 0.246 e. The molecule has 0 fully saturated rings. The zero-order valence-electron chi connectivity index (χ0n) is 10.3. The Morgan fingerprint density at radius 2 is 1.93 bits per heavy atom. The molecule has 0 spiro atoms. The van der Waals surface area contributed by atoms with Gasteiger partial charge in [0.25, 0.3) is 0 Å². The van der Waals surface area contributed by atoms with E-state index in [1.807, 2.05) is 34.6 Å². The predicted octanol–water partition coefficient (Wildman–Crippen LogP) is 2.18. The molecule has 1 atom stereocenters. The fourth-order valence-electron chi connectivity index (χ4n) is 0.780. The molecule has 1 N–H and O–H groups in total. The number of carbonyl (C=O) groups excluding carboxylic acids is 1. The standard InChI is InChI=1S/C11H22ClNO2/c1-8(2)9(12)6-13-10(14)7-15-11(3,4)5/h8-9H,6-7H2,1-5H3,(H,13,14). The van der Waals surface area contributed by atoms with Crippen molar-refractivity contribution in [2.45, 2.75) is 45.6 Å². The zero-order chi connectivity index (χ0) is 12.1. The summed E-state index contributed by atoms with van der Waals surface area (Å²) in [4.78, 5) is 11.3. The molecule has 0 aliphatic carbocycles. The molecule has 90 valence electrons. The van der Waals surface area contributed by atoms with Crippen LogP contribution in [0, 0.1) is 5.92 Å². The Hall–Kier alpha value is -0.280. The minimum absolute atomic E-state index is 0.0245. The highest BCUT2D eigenvalue weighted by molar-refractivity contribution is 6.21. The van der Waals surface area contributed by atoms with Crippen LogP contribution in [-0.4, -0.2) is 30.0 Å². The lowest BCUT2D eigenvalue weighted by Crippen LogP contribution is -2.36. The molecule has 4 heteroatoms. The van der Waals surface area contributed by atoms with Crippen LogP contribution in [0.15, 0.2) is 0 Å². The Bertz CT molecular complexity index is 199. The van der Waals surface area contributed by atoms with Crippen molar-refractivity contribution in [2.75, 3.05) is 13.2 Å². The lowest BCUT2D eigenvalue weighted by Gasteiger charge is -2.19. The van der Waals surface area contributed by atoms with E-state index in [4.69, 9.17) is 16.3 Å². The van der Waals surface area contributed by atoms with Gasteiger partial charge in [0.2, 0.25) is 5.91 Å². The van der Waals surface area contributed by atoms with Crippen molar-refractivity contribution < 1.29 is 9.53 Å². The minimum atomic E-state index is -0.282. The molecule has 0 saturated carbocycles. The molecular formula is C11H22ClNO2. The summed E-state index contributed by atoms with van der Waals surface area (Å²) in [6.45, 7) is 10.4. The van der Waals surface area contributed by atoms with Crippen LogP contribution in [0.5, 0.6) is 0 Å².